The molecule has 2 aliphatic heterocycles. The minimum Gasteiger partial charge on any atom is -0.357 e. The maximum Gasteiger partial charge on any atom is 0.143 e. The highest BCUT2D eigenvalue weighted by Crippen LogP contribution is 2.21. The molecule has 2 saturated heterocycles. The molecule has 0 aliphatic carbocycles. The number of hydrogen-bond acceptors (Lipinski definition) is 3. The lowest BCUT2D eigenvalue weighted by Gasteiger charge is -2.27. The first-order valence-electron chi connectivity index (χ1n) is 7.53. The van der Waals surface area contributed by atoms with Crippen molar-refractivity contribution in [1.29, 1.82) is 0 Å². The number of nitrogens with zero attached hydrogens (tertiary/aromatic N) is 2. The van der Waals surface area contributed by atoms with Crippen LogP contribution in [0.25, 0.3) is 0 Å². The molecule has 0 aromatic heterocycles. The molecular formula is C14H24N2S3. The zero-order valence-electron chi connectivity index (χ0n) is 11.6. The largest absolute Gasteiger partial charge is 0.357 e. The molecule has 0 unspecified atom stereocenters. The summed E-state index contributed by atoms with van der Waals surface area (Å²) in [7, 11) is 0. The van der Waals surface area contributed by atoms with Gasteiger partial charge in [0.1, 0.15) is 8.64 Å². The Morgan fingerprint density at radius 1 is 0.579 bits per heavy atom. The van der Waals surface area contributed by atoms with Gasteiger partial charge in [-0.25, -0.2) is 0 Å². The van der Waals surface area contributed by atoms with Crippen molar-refractivity contribution in [3.63, 3.8) is 0 Å². The third kappa shape index (κ3) is 5.20. The molecule has 2 aliphatic rings. The molecule has 2 heterocycles. The molecule has 108 valence electrons. The van der Waals surface area contributed by atoms with E-state index in [-0.39, 0.29) is 0 Å². The van der Waals surface area contributed by atoms with Crippen LogP contribution in [0.3, 0.4) is 0 Å². The summed E-state index contributed by atoms with van der Waals surface area (Å²) in [5, 5.41) is 0. The maximum absolute atomic E-state index is 5.59. The third-order valence-electron chi connectivity index (χ3n) is 3.90. The van der Waals surface area contributed by atoms with Crippen LogP contribution in [-0.4, -0.2) is 44.6 Å². The van der Waals surface area contributed by atoms with Crippen LogP contribution < -0.4 is 0 Å². The summed E-state index contributed by atoms with van der Waals surface area (Å²) in [6.45, 7) is 4.48. The van der Waals surface area contributed by atoms with Crippen LogP contribution in [0.15, 0.2) is 0 Å². The Morgan fingerprint density at radius 3 is 1.21 bits per heavy atom. The minimum absolute atomic E-state index is 0.996. The molecule has 0 atom stereocenters. The summed E-state index contributed by atoms with van der Waals surface area (Å²) in [6, 6.07) is 0. The molecule has 0 amide bonds. The lowest BCUT2D eigenvalue weighted by atomic mass is 10.2. The number of likely N-dealkylation sites (tertiary alicyclic amines) is 2. The number of rotatable bonds is 0. The van der Waals surface area contributed by atoms with Crippen LogP contribution in [0, 0.1) is 0 Å². The summed E-state index contributed by atoms with van der Waals surface area (Å²) < 4.78 is 1.99. The van der Waals surface area contributed by atoms with Gasteiger partial charge in [-0.1, -0.05) is 50.1 Å². The van der Waals surface area contributed by atoms with Crippen molar-refractivity contribution in [3.05, 3.63) is 0 Å². The molecule has 0 bridgehead atoms. The molecule has 5 heteroatoms. The summed E-state index contributed by atoms with van der Waals surface area (Å²) in [6.07, 6.45) is 10.5. The molecule has 0 spiro atoms. The van der Waals surface area contributed by atoms with Gasteiger partial charge in [-0.05, 0) is 37.4 Å². The smallest absolute Gasteiger partial charge is 0.143 e. The van der Waals surface area contributed by atoms with Crippen LogP contribution in [0.5, 0.6) is 0 Å². The average Bonchev–Trinajstić information content (AvgIpc) is 2.83. The van der Waals surface area contributed by atoms with Gasteiger partial charge in [0.05, 0.1) is 0 Å². The van der Waals surface area contributed by atoms with E-state index in [0.717, 1.165) is 34.8 Å². The normalized spacial score (nSPS) is 21.7. The van der Waals surface area contributed by atoms with Crippen molar-refractivity contribution in [2.75, 3.05) is 26.2 Å². The van der Waals surface area contributed by atoms with Crippen LogP contribution in [0.4, 0.5) is 0 Å². The van der Waals surface area contributed by atoms with E-state index >= 15 is 0 Å². The zero-order chi connectivity index (χ0) is 13.5. The highest BCUT2D eigenvalue weighted by Gasteiger charge is 2.18. The summed E-state index contributed by atoms with van der Waals surface area (Å²) >= 11 is 12.8. The van der Waals surface area contributed by atoms with Gasteiger partial charge in [-0.3, -0.25) is 0 Å². The van der Waals surface area contributed by atoms with Gasteiger partial charge in [0.2, 0.25) is 0 Å². The highest BCUT2D eigenvalue weighted by molar-refractivity contribution is 8.37. The molecule has 2 nitrogen and oxygen atoms in total. The first kappa shape index (κ1) is 15.5. The van der Waals surface area contributed by atoms with Crippen molar-refractivity contribution in [2.45, 2.75) is 51.4 Å². The Morgan fingerprint density at radius 2 is 0.895 bits per heavy atom. The molecule has 0 aromatic rings. The van der Waals surface area contributed by atoms with Crippen LogP contribution in [-0.2, 0) is 0 Å². The monoisotopic (exact) mass is 316 g/mol. The molecule has 0 N–H and O–H groups in total. The second-order valence-electron chi connectivity index (χ2n) is 5.44. The topological polar surface area (TPSA) is 6.48 Å². The average molecular weight is 317 g/mol. The van der Waals surface area contributed by atoms with E-state index in [1.54, 1.807) is 11.8 Å². The van der Waals surface area contributed by atoms with Gasteiger partial charge < -0.3 is 9.80 Å². The van der Waals surface area contributed by atoms with Crippen molar-refractivity contribution in [1.82, 2.24) is 9.80 Å². The van der Waals surface area contributed by atoms with E-state index in [9.17, 15) is 0 Å². The van der Waals surface area contributed by atoms with E-state index in [2.05, 4.69) is 9.80 Å². The van der Waals surface area contributed by atoms with Gasteiger partial charge in [0, 0.05) is 26.2 Å². The summed E-state index contributed by atoms with van der Waals surface area (Å²) in [5.41, 5.74) is 0. The van der Waals surface area contributed by atoms with Gasteiger partial charge in [-0.2, -0.15) is 0 Å². The number of thiocarbonyl (C=S) groups is 2. The molecular weight excluding hydrogens is 292 g/mol. The molecule has 0 radical (unpaired) electrons. The molecule has 0 saturated carbocycles. The fourth-order valence-electron chi connectivity index (χ4n) is 2.71. The predicted molar refractivity (Wildman–Crippen MR) is 92.9 cm³/mol. The van der Waals surface area contributed by atoms with Crippen molar-refractivity contribution in [2.24, 2.45) is 0 Å². The van der Waals surface area contributed by atoms with Crippen molar-refractivity contribution < 1.29 is 0 Å². The van der Waals surface area contributed by atoms with Gasteiger partial charge in [0.15, 0.2) is 0 Å². The third-order valence-corrected chi connectivity index (χ3v) is 5.79. The quantitative estimate of drug-likeness (QED) is 0.620. The van der Waals surface area contributed by atoms with E-state index in [4.69, 9.17) is 24.4 Å². The van der Waals surface area contributed by atoms with Crippen molar-refractivity contribution in [3.8, 4) is 0 Å². The maximum atomic E-state index is 5.59. The number of thioether (sulfide) groups is 1. The lowest BCUT2D eigenvalue weighted by Crippen LogP contribution is -2.33. The predicted octanol–water partition coefficient (Wildman–Crippen LogP) is 4.04. The second-order valence-corrected chi connectivity index (χ2v) is 7.70. The zero-order valence-corrected chi connectivity index (χ0v) is 14.1. The minimum atomic E-state index is 0.996. The molecule has 19 heavy (non-hydrogen) atoms. The van der Waals surface area contributed by atoms with Crippen LogP contribution >= 0.6 is 36.2 Å². The summed E-state index contributed by atoms with van der Waals surface area (Å²) in [5.74, 6) is 0. The van der Waals surface area contributed by atoms with E-state index < -0.39 is 0 Å². The SMILES string of the molecule is S=C(SC(=S)N1CCCCCC1)N1CCCCCC1. The van der Waals surface area contributed by atoms with E-state index in [0.29, 0.717) is 0 Å². The molecule has 2 fully saturated rings. The van der Waals surface area contributed by atoms with Crippen LogP contribution in [0.2, 0.25) is 0 Å². The second kappa shape index (κ2) is 8.42. The van der Waals surface area contributed by atoms with Crippen LogP contribution in [0.1, 0.15) is 51.4 Å². The lowest BCUT2D eigenvalue weighted by molar-refractivity contribution is 0.446. The molecule has 2 rings (SSSR count). The Balaban J connectivity index is 1.81. The first-order chi connectivity index (χ1) is 9.27. The first-order valence-corrected chi connectivity index (χ1v) is 9.16. The fraction of sp³-hybridized carbons (Fsp3) is 0.857. The van der Waals surface area contributed by atoms with Gasteiger partial charge >= 0.3 is 0 Å². The highest BCUT2D eigenvalue weighted by atomic mass is 32.2. The summed E-state index contributed by atoms with van der Waals surface area (Å²) in [4.78, 5) is 4.72. The Labute approximate surface area is 132 Å². The van der Waals surface area contributed by atoms with Gasteiger partial charge in [0.25, 0.3) is 0 Å². The van der Waals surface area contributed by atoms with E-state index in [1.165, 1.54) is 51.4 Å². The van der Waals surface area contributed by atoms with Crippen molar-refractivity contribution >= 4 is 44.8 Å². The molecule has 0 aromatic carbocycles. The fourth-order valence-corrected chi connectivity index (χ4v) is 4.48. The Hall–Kier alpha value is 0.130. The number of hydrogen-bond donors (Lipinski definition) is 0. The van der Waals surface area contributed by atoms with E-state index in [1.807, 2.05) is 0 Å². The Kier molecular flexibility index (Phi) is 6.88. The standard InChI is InChI=1S/C14H24N2S3/c17-13(15-9-5-1-2-6-10-15)19-14(18)16-11-7-3-4-8-12-16/h1-12H2. The Bertz CT molecular complexity index is 274. The van der Waals surface area contributed by atoms with Gasteiger partial charge in [-0.15, -0.1) is 0 Å².